The van der Waals surface area contributed by atoms with Crippen molar-refractivity contribution >= 4 is 6.21 Å². The van der Waals surface area contributed by atoms with Crippen molar-refractivity contribution in [2.45, 2.75) is 6.17 Å². The summed E-state index contributed by atoms with van der Waals surface area (Å²) in [5, 5.41) is 10.1. The Kier molecular flexibility index (Phi) is 1.44. The Hall–Kier alpha value is -0.970. The molecule has 0 aromatic carbocycles. The third kappa shape index (κ3) is 1.05. The molecule has 0 amide bonds. The van der Waals surface area contributed by atoms with Gasteiger partial charge in [-0.25, -0.2) is 4.90 Å². The lowest BCUT2D eigenvalue weighted by Gasteiger charge is -2.07. The Morgan fingerprint density at radius 1 is 2.00 bits per heavy atom. The van der Waals surface area contributed by atoms with Crippen LogP contribution in [-0.4, -0.2) is 35.9 Å². The smallest absolute Gasteiger partial charge is 0.263 e. The van der Waals surface area contributed by atoms with E-state index >= 15 is 0 Å². The first kappa shape index (κ1) is 6.15. The van der Waals surface area contributed by atoms with Crippen LogP contribution in [0.25, 0.3) is 0 Å². The molecule has 1 rings (SSSR count). The quantitative estimate of drug-likeness (QED) is 0.351. The predicted molar refractivity (Wildman–Crippen MR) is 30.8 cm³/mol. The van der Waals surface area contributed by atoms with E-state index in [0.717, 1.165) is 0 Å². The molecule has 5 nitrogen and oxygen atoms in total. The molecule has 1 aliphatic heterocycles. The molecule has 49 valence electrons. The van der Waals surface area contributed by atoms with Gasteiger partial charge in [-0.05, 0) is 7.05 Å². The second kappa shape index (κ2) is 2.10. The van der Waals surface area contributed by atoms with E-state index in [2.05, 4.69) is 11.2 Å². The SMILES string of the molecule is CN1CN=[C]C1[N+](=O)[O-]. The molecule has 0 fully saturated rings. The Morgan fingerprint density at radius 3 is 2.89 bits per heavy atom. The van der Waals surface area contributed by atoms with Crippen molar-refractivity contribution in [1.29, 1.82) is 0 Å². The predicted octanol–water partition coefficient (Wildman–Crippen LogP) is -0.560. The number of aliphatic imine (C=N–C) groups is 1. The van der Waals surface area contributed by atoms with E-state index in [4.69, 9.17) is 0 Å². The zero-order chi connectivity index (χ0) is 6.85. The zero-order valence-electron chi connectivity index (χ0n) is 4.94. The van der Waals surface area contributed by atoms with Crippen molar-refractivity contribution < 1.29 is 4.92 Å². The fourth-order valence-corrected chi connectivity index (χ4v) is 0.618. The van der Waals surface area contributed by atoms with Gasteiger partial charge in [0.05, 0.1) is 6.67 Å². The summed E-state index contributed by atoms with van der Waals surface area (Å²) in [6.45, 7) is 0.381. The molecule has 9 heavy (non-hydrogen) atoms. The first-order chi connectivity index (χ1) is 4.22. The van der Waals surface area contributed by atoms with Gasteiger partial charge in [0, 0.05) is 4.92 Å². The van der Waals surface area contributed by atoms with Gasteiger partial charge in [-0.3, -0.25) is 15.1 Å². The summed E-state index contributed by atoms with van der Waals surface area (Å²) in [6.07, 6.45) is 1.53. The van der Waals surface area contributed by atoms with Gasteiger partial charge < -0.3 is 0 Å². The molecule has 0 aromatic heterocycles. The van der Waals surface area contributed by atoms with Gasteiger partial charge in [-0.2, -0.15) is 0 Å². The topological polar surface area (TPSA) is 58.7 Å². The second-order valence-electron chi connectivity index (χ2n) is 1.84. The van der Waals surface area contributed by atoms with E-state index in [1.165, 1.54) is 4.90 Å². The molecule has 0 aliphatic carbocycles. The fourth-order valence-electron chi connectivity index (χ4n) is 0.618. The zero-order valence-corrected chi connectivity index (χ0v) is 4.94. The lowest BCUT2D eigenvalue weighted by atomic mass is 10.5. The minimum atomic E-state index is -0.829. The number of hydrogen-bond donors (Lipinski definition) is 0. The summed E-state index contributed by atoms with van der Waals surface area (Å²) < 4.78 is 0. The first-order valence-electron chi connectivity index (χ1n) is 2.47. The largest absolute Gasteiger partial charge is 0.313 e. The van der Waals surface area contributed by atoms with Crippen molar-refractivity contribution in [1.82, 2.24) is 4.90 Å². The molecule has 0 saturated carbocycles. The van der Waals surface area contributed by atoms with Crippen LogP contribution < -0.4 is 0 Å². The summed E-state index contributed by atoms with van der Waals surface area (Å²) in [6, 6.07) is 0. The van der Waals surface area contributed by atoms with Gasteiger partial charge in [0.1, 0.15) is 0 Å². The number of hydrogen-bond acceptors (Lipinski definition) is 4. The molecule has 1 atom stereocenters. The van der Waals surface area contributed by atoms with Crippen LogP contribution >= 0.6 is 0 Å². The molecule has 0 N–H and O–H groups in total. The third-order valence-corrected chi connectivity index (χ3v) is 1.12. The Balaban J connectivity index is 2.59. The van der Waals surface area contributed by atoms with Crippen molar-refractivity contribution in [3.8, 4) is 0 Å². The highest BCUT2D eigenvalue weighted by atomic mass is 16.6. The highest BCUT2D eigenvalue weighted by Crippen LogP contribution is 2.00. The van der Waals surface area contributed by atoms with Gasteiger partial charge in [0.15, 0.2) is 6.21 Å². The Labute approximate surface area is 52.1 Å². The molecule has 1 heterocycles. The van der Waals surface area contributed by atoms with E-state index in [0.29, 0.717) is 6.67 Å². The number of nitrogens with zero attached hydrogens (tertiary/aromatic N) is 3. The third-order valence-electron chi connectivity index (χ3n) is 1.12. The van der Waals surface area contributed by atoms with Crippen LogP contribution in [-0.2, 0) is 0 Å². The average Bonchev–Trinajstić information content (AvgIpc) is 2.13. The molecule has 1 unspecified atom stereocenters. The lowest BCUT2D eigenvalue weighted by Crippen LogP contribution is -2.34. The van der Waals surface area contributed by atoms with Crippen LogP contribution in [0.1, 0.15) is 0 Å². The van der Waals surface area contributed by atoms with E-state index in [9.17, 15) is 10.1 Å². The Bertz CT molecular complexity index is 156. The standard InChI is InChI=1S/C4H6N3O2/c1-6-3-5-2-4(6)7(8)9/h4H,3H2,1H3. The Morgan fingerprint density at radius 2 is 2.67 bits per heavy atom. The van der Waals surface area contributed by atoms with E-state index in [1.54, 1.807) is 7.05 Å². The van der Waals surface area contributed by atoms with Gasteiger partial charge in [0.25, 0.3) is 0 Å². The van der Waals surface area contributed by atoms with Gasteiger partial charge >= 0.3 is 6.17 Å². The maximum atomic E-state index is 10.1. The summed E-state index contributed by atoms with van der Waals surface area (Å²) in [4.78, 5) is 14.7. The molecular weight excluding hydrogens is 122 g/mol. The van der Waals surface area contributed by atoms with Crippen LogP contribution in [0.4, 0.5) is 0 Å². The van der Waals surface area contributed by atoms with Crippen molar-refractivity contribution in [2.24, 2.45) is 4.99 Å². The molecule has 5 heteroatoms. The molecule has 1 aliphatic rings. The maximum absolute atomic E-state index is 10.1. The molecular formula is C4H6N3O2. The van der Waals surface area contributed by atoms with Crippen molar-refractivity contribution in [3.63, 3.8) is 0 Å². The van der Waals surface area contributed by atoms with E-state index < -0.39 is 11.1 Å². The van der Waals surface area contributed by atoms with E-state index in [1.807, 2.05) is 0 Å². The molecule has 0 bridgehead atoms. The number of rotatable bonds is 1. The number of nitro groups is 1. The van der Waals surface area contributed by atoms with Gasteiger partial charge in [-0.1, -0.05) is 0 Å². The van der Waals surface area contributed by atoms with Crippen LogP contribution in [0.2, 0.25) is 0 Å². The van der Waals surface area contributed by atoms with Crippen molar-refractivity contribution in [3.05, 3.63) is 10.1 Å². The van der Waals surface area contributed by atoms with Crippen LogP contribution in [0.3, 0.4) is 0 Å². The first-order valence-corrected chi connectivity index (χ1v) is 2.47. The summed E-state index contributed by atoms with van der Waals surface area (Å²) in [5.41, 5.74) is 0. The highest BCUT2D eigenvalue weighted by Gasteiger charge is 2.27. The van der Waals surface area contributed by atoms with Crippen molar-refractivity contribution in [2.75, 3.05) is 13.7 Å². The minimum Gasteiger partial charge on any atom is -0.263 e. The fraction of sp³-hybridized carbons (Fsp3) is 0.750. The minimum absolute atomic E-state index is 0.381. The lowest BCUT2D eigenvalue weighted by molar-refractivity contribution is -0.524. The summed E-state index contributed by atoms with van der Waals surface area (Å²) in [7, 11) is 1.64. The molecule has 0 saturated heterocycles. The molecule has 0 spiro atoms. The highest BCUT2D eigenvalue weighted by molar-refractivity contribution is 5.63. The molecule has 0 aromatic rings. The van der Waals surface area contributed by atoms with Gasteiger partial charge in [0.2, 0.25) is 0 Å². The van der Waals surface area contributed by atoms with Crippen LogP contribution in [0.15, 0.2) is 4.99 Å². The maximum Gasteiger partial charge on any atom is 0.313 e. The van der Waals surface area contributed by atoms with E-state index in [-0.39, 0.29) is 0 Å². The average molecular weight is 128 g/mol. The monoisotopic (exact) mass is 128 g/mol. The summed E-state index contributed by atoms with van der Waals surface area (Å²) in [5.74, 6) is 0. The second-order valence-corrected chi connectivity index (χ2v) is 1.84. The van der Waals surface area contributed by atoms with Crippen LogP contribution in [0, 0.1) is 10.1 Å². The van der Waals surface area contributed by atoms with Crippen LogP contribution in [0.5, 0.6) is 0 Å². The normalized spacial score (nSPS) is 27.0. The van der Waals surface area contributed by atoms with Gasteiger partial charge in [-0.15, -0.1) is 0 Å². The summed E-state index contributed by atoms with van der Waals surface area (Å²) >= 11 is 0. The molecule has 1 radical (unpaired) electrons.